The molecular formula is C18H16N2O2. The normalized spacial score (nSPS) is 11.2. The number of nitrogens with one attached hydrogen (secondary N) is 2. The topological polar surface area (TPSA) is 50.0 Å². The third-order valence-corrected chi connectivity index (χ3v) is 4.07. The lowest BCUT2D eigenvalue weighted by atomic mass is 10.0. The number of hydrogen-bond acceptors (Lipinski definition) is 2. The molecule has 0 fully saturated rings. The Morgan fingerprint density at radius 2 is 1.14 bits per heavy atom. The monoisotopic (exact) mass is 292 g/mol. The van der Waals surface area contributed by atoms with E-state index < -0.39 is 0 Å². The average molecular weight is 292 g/mol. The van der Waals surface area contributed by atoms with Gasteiger partial charge in [0.25, 0.3) is 0 Å². The molecule has 0 aliphatic heterocycles. The SMILES string of the molecule is COc1ccc2c(-c3c[nH]c4cc(OC)ccc34)c[nH]c2c1. The fraction of sp³-hybridized carbons (Fsp3) is 0.111. The first kappa shape index (κ1) is 12.8. The molecule has 4 heteroatoms. The molecule has 0 amide bonds. The number of hydrogen-bond donors (Lipinski definition) is 2. The maximum Gasteiger partial charge on any atom is 0.120 e. The standard InChI is InChI=1S/C18H16N2O2/c1-21-11-3-5-13-15(9-19-17(13)7-11)16-10-20-18-8-12(22-2)4-6-14(16)18/h3-10,19-20H,1-2H3. The van der Waals surface area contributed by atoms with Gasteiger partial charge in [0.15, 0.2) is 0 Å². The van der Waals surface area contributed by atoms with Crippen molar-refractivity contribution in [3.8, 4) is 22.6 Å². The molecule has 0 unspecified atom stereocenters. The van der Waals surface area contributed by atoms with Crippen LogP contribution in [0.1, 0.15) is 0 Å². The Balaban J connectivity index is 1.91. The Kier molecular flexibility index (Phi) is 2.82. The third-order valence-electron chi connectivity index (χ3n) is 4.07. The van der Waals surface area contributed by atoms with E-state index in [1.54, 1.807) is 14.2 Å². The van der Waals surface area contributed by atoms with E-state index in [9.17, 15) is 0 Å². The van der Waals surface area contributed by atoms with Crippen molar-refractivity contribution in [1.82, 2.24) is 9.97 Å². The number of aromatic nitrogens is 2. The first-order valence-corrected chi connectivity index (χ1v) is 7.11. The molecule has 0 aliphatic carbocycles. The van der Waals surface area contributed by atoms with Gasteiger partial charge in [-0.1, -0.05) is 0 Å². The molecule has 2 N–H and O–H groups in total. The van der Waals surface area contributed by atoms with Crippen LogP contribution in [-0.4, -0.2) is 24.2 Å². The fourth-order valence-corrected chi connectivity index (χ4v) is 2.91. The highest BCUT2D eigenvalue weighted by Crippen LogP contribution is 2.36. The number of methoxy groups -OCH3 is 2. The smallest absolute Gasteiger partial charge is 0.120 e. The Hall–Kier alpha value is -2.88. The Morgan fingerprint density at radius 3 is 1.55 bits per heavy atom. The molecule has 0 aliphatic rings. The van der Waals surface area contributed by atoms with Crippen LogP contribution >= 0.6 is 0 Å². The second-order valence-corrected chi connectivity index (χ2v) is 5.23. The molecule has 2 heterocycles. The number of rotatable bonds is 3. The number of ether oxygens (including phenoxy) is 2. The van der Waals surface area contributed by atoms with E-state index in [1.807, 2.05) is 36.7 Å². The van der Waals surface area contributed by atoms with Crippen molar-refractivity contribution in [1.29, 1.82) is 0 Å². The lowest BCUT2D eigenvalue weighted by Crippen LogP contribution is -1.82. The van der Waals surface area contributed by atoms with E-state index in [2.05, 4.69) is 22.1 Å². The molecule has 2 aromatic heterocycles. The number of fused-ring (bicyclic) bond motifs is 2. The fourth-order valence-electron chi connectivity index (χ4n) is 2.91. The molecule has 110 valence electrons. The highest BCUT2D eigenvalue weighted by atomic mass is 16.5. The highest BCUT2D eigenvalue weighted by molar-refractivity contribution is 6.05. The minimum absolute atomic E-state index is 0.851. The van der Waals surface area contributed by atoms with Crippen LogP contribution < -0.4 is 9.47 Å². The molecule has 4 aromatic rings. The predicted molar refractivity (Wildman–Crippen MR) is 88.7 cm³/mol. The van der Waals surface area contributed by atoms with E-state index in [4.69, 9.17) is 9.47 Å². The van der Waals surface area contributed by atoms with Crippen molar-refractivity contribution in [3.05, 3.63) is 48.8 Å². The summed E-state index contributed by atoms with van der Waals surface area (Å²) < 4.78 is 10.6. The van der Waals surface area contributed by atoms with Gasteiger partial charge < -0.3 is 19.4 Å². The largest absolute Gasteiger partial charge is 0.497 e. The van der Waals surface area contributed by atoms with E-state index in [-0.39, 0.29) is 0 Å². The second kappa shape index (κ2) is 4.84. The Labute approximate surface area is 127 Å². The van der Waals surface area contributed by atoms with Crippen LogP contribution in [0.4, 0.5) is 0 Å². The molecule has 2 aromatic carbocycles. The zero-order valence-electron chi connectivity index (χ0n) is 12.4. The molecule has 0 saturated carbocycles. The van der Waals surface area contributed by atoms with Gasteiger partial charge in [0, 0.05) is 57.5 Å². The van der Waals surface area contributed by atoms with Crippen LogP contribution in [0, 0.1) is 0 Å². The summed E-state index contributed by atoms with van der Waals surface area (Å²) in [5, 5.41) is 2.36. The van der Waals surface area contributed by atoms with Gasteiger partial charge in [-0.2, -0.15) is 0 Å². The molecule has 4 rings (SSSR count). The molecule has 22 heavy (non-hydrogen) atoms. The Morgan fingerprint density at radius 1 is 0.682 bits per heavy atom. The lowest BCUT2D eigenvalue weighted by Gasteiger charge is -2.02. The lowest BCUT2D eigenvalue weighted by molar-refractivity contribution is 0.415. The summed E-state index contributed by atoms with van der Waals surface area (Å²) in [6.07, 6.45) is 4.08. The zero-order valence-corrected chi connectivity index (χ0v) is 12.4. The average Bonchev–Trinajstić information content (AvgIpc) is 3.16. The van der Waals surface area contributed by atoms with Crippen LogP contribution in [0.5, 0.6) is 11.5 Å². The minimum Gasteiger partial charge on any atom is -0.497 e. The van der Waals surface area contributed by atoms with E-state index in [0.717, 1.165) is 22.5 Å². The number of benzene rings is 2. The van der Waals surface area contributed by atoms with Gasteiger partial charge in [-0.15, -0.1) is 0 Å². The van der Waals surface area contributed by atoms with Crippen molar-refractivity contribution in [2.75, 3.05) is 14.2 Å². The first-order chi connectivity index (χ1) is 10.8. The summed E-state index contributed by atoms with van der Waals surface area (Å²) in [5.74, 6) is 1.70. The third kappa shape index (κ3) is 1.84. The van der Waals surface area contributed by atoms with E-state index >= 15 is 0 Å². The van der Waals surface area contributed by atoms with Gasteiger partial charge in [-0.05, 0) is 24.3 Å². The second-order valence-electron chi connectivity index (χ2n) is 5.23. The van der Waals surface area contributed by atoms with E-state index in [1.165, 1.54) is 21.9 Å². The summed E-state index contributed by atoms with van der Waals surface area (Å²) in [6, 6.07) is 12.2. The summed E-state index contributed by atoms with van der Waals surface area (Å²) in [6.45, 7) is 0. The van der Waals surface area contributed by atoms with Gasteiger partial charge in [0.1, 0.15) is 11.5 Å². The summed E-state index contributed by atoms with van der Waals surface area (Å²) in [5.41, 5.74) is 4.48. The van der Waals surface area contributed by atoms with Gasteiger partial charge >= 0.3 is 0 Å². The highest BCUT2D eigenvalue weighted by Gasteiger charge is 2.12. The summed E-state index contributed by atoms with van der Waals surface area (Å²) >= 11 is 0. The molecule has 0 bridgehead atoms. The first-order valence-electron chi connectivity index (χ1n) is 7.11. The number of aromatic amines is 2. The van der Waals surface area contributed by atoms with Gasteiger partial charge in [-0.3, -0.25) is 0 Å². The quantitative estimate of drug-likeness (QED) is 0.590. The van der Waals surface area contributed by atoms with Crippen molar-refractivity contribution in [2.24, 2.45) is 0 Å². The van der Waals surface area contributed by atoms with Crippen LogP contribution in [-0.2, 0) is 0 Å². The minimum atomic E-state index is 0.851. The van der Waals surface area contributed by atoms with Gasteiger partial charge in [0.2, 0.25) is 0 Å². The van der Waals surface area contributed by atoms with Crippen molar-refractivity contribution >= 4 is 21.8 Å². The maximum atomic E-state index is 5.28. The molecule has 0 atom stereocenters. The molecule has 0 spiro atoms. The predicted octanol–water partition coefficient (Wildman–Crippen LogP) is 4.33. The zero-order chi connectivity index (χ0) is 15.1. The molecule has 0 saturated heterocycles. The summed E-state index contributed by atoms with van der Waals surface area (Å²) in [4.78, 5) is 6.64. The van der Waals surface area contributed by atoms with Crippen LogP contribution in [0.2, 0.25) is 0 Å². The van der Waals surface area contributed by atoms with Gasteiger partial charge in [-0.25, -0.2) is 0 Å². The van der Waals surface area contributed by atoms with Crippen LogP contribution in [0.15, 0.2) is 48.8 Å². The van der Waals surface area contributed by atoms with Gasteiger partial charge in [0.05, 0.1) is 14.2 Å². The molecule has 4 nitrogen and oxygen atoms in total. The molecular weight excluding hydrogens is 276 g/mol. The van der Waals surface area contributed by atoms with Crippen LogP contribution in [0.3, 0.4) is 0 Å². The van der Waals surface area contributed by atoms with Crippen molar-refractivity contribution < 1.29 is 9.47 Å². The Bertz CT molecular complexity index is 886. The van der Waals surface area contributed by atoms with E-state index in [0.29, 0.717) is 0 Å². The van der Waals surface area contributed by atoms with Crippen LogP contribution in [0.25, 0.3) is 32.9 Å². The maximum absolute atomic E-state index is 5.28. The number of H-pyrrole nitrogens is 2. The summed E-state index contributed by atoms with van der Waals surface area (Å²) in [7, 11) is 3.36. The van der Waals surface area contributed by atoms with Crippen molar-refractivity contribution in [3.63, 3.8) is 0 Å². The molecule has 0 radical (unpaired) electrons. The van der Waals surface area contributed by atoms with Crippen molar-refractivity contribution in [2.45, 2.75) is 0 Å².